The maximum Gasteiger partial charge on any atom is 0.280 e. The fourth-order valence-electron chi connectivity index (χ4n) is 5.79. The van der Waals surface area contributed by atoms with Crippen LogP contribution < -0.4 is 20.3 Å². The van der Waals surface area contributed by atoms with Gasteiger partial charge in [0.05, 0.1) is 27.2 Å². The summed E-state index contributed by atoms with van der Waals surface area (Å²) < 4.78 is 40.9. The monoisotopic (exact) mass is 657 g/mol. The number of ether oxygens (including phenoxy) is 4. The van der Waals surface area contributed by atoms with Crippen molar-refractivity contribution in [3.63, 3.8) is 0 Å². The number of imidazole rings is 1. The predicted octanol–water partition coefficient (Wildman–Crippen LogP) is 4.34. The minimum Gasteiger partial charge on any atom is -0.497 e. The molecule has 13 heteroatoms. The van der Waals surface area contributed by atoms with Gasteiger partial charge in [-0.1, -0.05) is 68.4 Å². The van der Waals surface area contributed by atoms with Crippen LogP contribution in [-0.2, 0) is 19.9 Å². The average Bonchev–Trinajstić information content (AvgIpc) is 3.66. The molecule has 0 aliphatic carbocycles. The number of nitrogens with zero attached hydrogens (tertiary/aromatic N) is 3. The number of aromatic nitrogens is 4. The first-order valence-corrected chi connectivity index (χ1v) is 15.4. The summed E-state index contributed by atoms with van der Waals surface area (Å²) in [4.78, 5) is 35.9. The van der Waals surface area contributed by atoms with E-state index in [4.69, 9.17) is 18.9 Å². The number of carbonyl (C=O) groups excluding carboxylic acids is 1. The van der Waals surface area contributed by atoms with Gasteiger partial charge in [0.25, 0.3) is 5.56 Å². The zero-order valence-corrected chi connectivity index (χ0v) is 26.8. The number of benzene rings is 3. The molecule has 0 bridgehead atoms. The van der Waals surface area contributed by atoms with Crippen LogP contribution in [0.1, 0.15) is 36.8 Å². The van der Waals surface area contributed by atoms with Gasteiger partial charge in [-0.25, -0.2) is 9.37 Å². The van der Waals surface area contributed by atoms with Crippen LogP contribution in [0.4, 0.5) is 10.3 Å². The maximum atomic E-state index is 16.0. The predicted molar refractivity (Wildman–Crippen MR) is 175 cm³/mol. The van der Waals surface area contributed by atoms with Crippen molar-refractivity contribution < 1.29 is 33.2 Å². The zero-order chi connectivity index (χ0) is 34.0. The lowest BCUT2D eigenvalue weighted by Crippen LogP contribution is -2.38. The number of carbonyl (C=O) groups is 1. The summed E-state index contributed by atoms with van der Waals surface area (Å²) >= 11 is 0. The minimum absolute atomic E-state index is 0.00530. The largest absolute Gasteiger partial charge is 0.497 e. The van der Waals surface area contributed by atoms with E-state index in [1.807, 2.05) is 78.9 Å². The molecular formula is C35H36FN5O7. The Morgan fingerprint density at radius 1 is 1.00 bits per heavy atom. The van der Waals surface area contributed by atoms with Gasteiger partial charge < -0.3 is 24.1 Å². The molecule has 0 radical (unpaired) electrons. The summed E-state index contributed by atoms with van der Waals surface area (Å²) in [5, 5.41) is 13.6. The van der Waals surface area contributed by atoms with Gasteiger partial charge in [0, 0.05) is 5.92 Å². The van der Waals surface area contributed by atoms with Gasteiger partial charge in [0.15, 0.2) is 23.6 Å². The van der Waals surface area contributed by atoms with Gasteiger partial charge in [-0.3, -0.25) is 24.5 Å². The maximum absolute atomic E-state index is 16.0. The second-order valence-corrected chi connectivity index (χ2v) is 11.7. The molecule has 0 saturated carbocycles. The van der Waals surface area contributed by atoms with Gasteiger partial charge >= 0.3 is 0 Å². The summed E-state index contributed by atoms with van der Waals surface area (Å²) in [6.07, 6.45) is -4.82. The molecule has 3 heterocycles. The lowest BCUT2D eigenvalue weighted by Gasteiger charge is -2.37. The van der Waals surface area contributed by atoms with E-state index in [2.05, 4.69) is 20.3 Å². The lowest BCUT2D eigenvalue weighted by atomic mass is 9.80. The van der Waals surface area contributed by atoms with E-state index in [0.717, 1.165) is 16.7 Å². The van der Waals surface area contributed by atoms with Gasteiger partial charge in [-0.05, 0) is 41.0 Å². The highest BCUT2D eigenvalue weighted by Crippen LogP contribution is 2.43. The minimum atomic E-state index is -1.88. The summed E-state index contributed by atoms with van der Waals surface area (Å²) in [5.74, 6) is 0.455. The number of aliphatic hydroxyl groups is 1. The third kappa shape index (κ3) is 6.03. The number of alkyl halides is 1. The van der Waals surface area contributed by atoms with Crippen LogP contribution in [0.3, 0.4) is 0 Å². The van der Waals surface area contributed by atoms with Gasteiger partial charge in [-0.2, -0.15) is 4.98 Å². The van der Waals surface area contributed by atoms with Gasteiger partial charge in [0.1, 0.15) is 29.3 Å². The third-order valence-corrected chi connectivity index (χ3v) is 8.40. The highest BCUT2D eigenvalue weighted by atomic mass is 19.1. The molecule has 5 aromatic rings. The number of amides is 1. The molecule has 2 aromatic heterocycles. The second kappa shape index (κ2) is 13.6. The van der Waals surface area contributed by atoms with E-state index in [-0.39, 0.29) is 35.5 Å². The molecule has 48 heavy (non-hydrogen) atoms. The highest BCUT2D eigenvalue weighted by Gasteiger charge is 2.48. The normalized spacial score (nSPS) is 19.5. The molecule has 250 valence electrons. The van der Waals surface area contributed by atoms with Crippen molar-refractivity contribution in [3.8, 4) is 11.5 Å². The lowest BCUT2D eigenvalue weighted by molar-refractivity contribution is -0.118. The Labute approximate surface area is 275 Å². The molecule has 4 atom stereocenters. The topological polar surface area (TPSA) is 150 Å². The van der Waals surface area contributed by atoms with Crippen LogP contribution >= 0.6 is 0 Å². The van der Waals surface area contributed by atoms with Crippen molar-refractivity contribution in [2.75, 3.05) is 26.1 Å². The Bertz CT molecular complexity index is 1880. The SMILES string of the molecule is COc1ccc(C(OC[C@H]2O[C@@H](n3cnc4c(=O)[nH]c(NC(=O)C(C)C)nc43)[C@H](O)[C@@H]2F)(c2ccccc2)c2ccc(OC)cc2)cc1. The Hall–Kier alpha value is -5.11. The number of aromatic amines is 1. The van der Waals surface area contributed by atoms with Crippen LogP contribution in [0.25, 0.3) is 11.2 Å². The number of methoxy groups -OCH3 is 2. The highest BCUT2D eigenvalue weighted by molar-refractivity contribution is 5.91. The molecule has 1 fully saturated rings. The van der Waals surface area contributed by atoms with Crippen LogP contribution in [0.15, 0.2) is 90.0 Å². The quantitative estimate of drug-likeness (QED) is 0.176. The molecule has 1 amide bonds. The van der Waals surface area contributed by atoms with Crippen molar-refractivity contribution >= 4 is 23.0 Å². The van der Waals surface area contributed by atoms with Crippen molar-refractivity contribution in [3.05, 3.63) is 112 Å². The number of H-pyrrole nitrogens is 1. The molecule has 6 rings (SSSR count). The van der Waals surface area contributed by atoms with E-state index in [1.165, 1.54) is 10.9 Å². The first kappa shape index (κ1) is 32.8. The number of nitrogens with one attached hydrogen (secondary N) is 2. The summed E-state index contributed by atoms with van der Waals surface area (Å²) in [5.41, 5.74) is 0.331. The molecule has 3 N–H and O–H groups in total. The zero-order valence-electron chi connectivity index (χ0n) is 26.8. The summed E-state index contributed by atoms with van der Waals surface area (Å²) in [7, 11) is 3.16. The number of hydrogen-bond acceptors (Lipinski definition) is 9. The molecule has 12 nitrogen and oxygen atoms in total. The van der Waals surface area contributed by atoms with E-state index >= 15 is 4.39 Å². The second-order valence-electron chi connectivity index (χ2n) is 11.7. The fraction of sp³-hybridized carbons (Fsp3) is 0.314. The molecule has 1 saturated heterocycles. The molecular weight excluding hydrogens is 621 g/mol. The summed E-state index contributed by atoms with van der Waals surface area (Å²) in [6.45, 7) is 3.11. The van der Waals surface area contributed by atoms with Crippen LogP contribution in [0.2, 0.25) is 0 Å². The number of anilines is 1. The molecule has 1 aliphatic heterocycles. The fourth-order valence-corrected chi connectivity index (χ4v) is 5.79. The Balaban J connectivity index is 1.36. The first-order valence-electron chi connectivity index (χ1n) is 15.4. The van der Waals surface area contributed by atoms with Crippen molar-refractivity contribution in [2.45, 2.75) is 44.1 Å². The molecule has 3 aromatic carbocycles. The van der Waals surface area contributed by atoms with Crippen molar-refractivity contribution in [1.82, 2.24) is 19.5 Å². The standard InChI is InChI=1S/C35H36FN5O7/c1-20(2)31(43)39-34-38-30-28(32(44)40-34)37-19-41(30)33-29(42)27(36)26(48-33)18-47-35(21-8-6-5-7-9-21,22-10-14-24(45-3)15-11-22)23-12-16-25(46-4)17-13-23/h5-17,19-20,26-27,29,33,42H,18H2,1-4H3,(H2,38,39,40,43,44)/t26-,27-,29-,33-/m1/s1. The number of halogens is 1. The van der Waals surface area contributed by atoms with Gasteiger partial charge in [0.2, 0.25) is 11.9 Å². The molecule has 1 aliphatic rings. The smallest absolute Gasteiger partial charge is 0.280 e. The number of hydrogen-bond donors (Lipinski definition) is 3. The van der Waals surface area contributed by atoms with E-state index < -0.39 is 35.8 Å². The third-order valence-electron chi connectivity index (χ3n) is 8.40. The molecule has 0 spiro atoms. The van der Waals surface area contributed by atoms with Crippen LogP contribution in [0.5, 0.6) is 11.5 Å². The summed E-state index contributed by atoms with van der Waals surface area (Å²) in [6, 6.07) is 24.3. The number of aliphatic hydroxyl groups excluding tert-OH is 1. The van der Waals surface area contributed by atoms with Crippen LogP contribution in [-0.4, -0.2) is 69.7 Å². The van der Waals surface area contributed by atoms with Crippen molar-refractivity contribution in [1.29, 1.82) is 0 Å². The number of fused-ring (bicyclic) bond motifs is 1. The van der Waals surface area contributed by atoms with Gasteiger partial charge in [-0.15, -0.1) is 0 Å². The van der Waals surface area contributed by atoms with E-state index in [0.29, 0.717) is 11.5 Å². The van der Waals surface area contributed by atoms with Crippen LogP contribution in [0, 0.1) is 5.92 Å². The van der Waals surface area contributed by atoms with E-state index in [9.17, 15) is 14.7 Å². The average molecular weight is 658 g/mol. The van der Waals surface area contributed by atoms with E-state index in [1.54, 1.807) is 28.1 Å². The van der Waals surface area contributed by atoms with Crippen molar-refractivity contribution in [2.24, 2.45) is 5.92 Å². The Kier molecular flexibility index (Phi) is 9.27. The first-order chi connectivity index (χ1) is 23.2. The Morgan fingerprint density at radius 3 is 2.15 bits per heavy atom. The number of rotatable bonds is 11. The molecule has 0 unspecified atom stereocenters. The Morgan fingerprint density at radius 2 is 1.58 bits per heavy atom.